The molecule has 2 atom stereocenters. The van der Waals surface area contributed by atoms with E-state index in [9.17, 15) is 4.79 Å². The zero-order valence-electron chi connectivity index (χ0n) is 7.63. The van der Waals surface area contributed by atoms with Gasteiger partial charge in [-0.25, -0.2) is 0 Å². The first-order valence-electron chi connectivity index (χ1n) is 4.38. The van der Waals surface area contributed by atoms with E-state index in [4.69, 9.17) is 0 Å². The highest BCUT2D eigenvalue weighted by atomic mass is 16.2. The Morgan fingerprint density at radius 1 is 1.36 bits per heavy atom. The van der Waals surface area contributed by atoms with Gasteiger partial charge < -0.3 is 4.90 Å². The van der Waals surface area contributed by atoms with Gasteiger partial charge in [0.25, 0.3) is 0 Å². The summed E-state index contributed by atoms with van der Waals surface area (Å²) in [6.07, 6.45) is 2.44. The maximum absolute atomic E-state index is 11.1. The van der Waals surface area contributed by atoms with Crippen molar-refractivity contribution in [1.82, 2.24) is 4.90 Å². The van der Waals surface area contributed by atoms with Crippen LogP contribution in [0.2, 0.25) is 0 Å². The van der Waals surface area contributed by atoms with E-state index in [0.29, 0.717) is 12.0 Å². The molecule has 1 fully saturated rings. The van der Waals surface area contributed by atoms with Crippen molar-refractivity contribution in [2.75, 3.05) is 6.54 Å². The monoisotopic (exact) mass is 155 g/mol. The van der Waals surface area contributed by atoms with E-state index >= 15 is 0 Å². The van der Waals surface area contributed by atoms with Crippen molar-refractivity contribution in [3.63, 3.8) is 0 Å². The van der Waals surface area contributed by atoms with E-state index in [1.807, 2.05) is 4.90 Å². The molecule has 1 rings (SSSR count). The highest BCUT2D eigenvalue weighted by molar-refractivity contribution is 5.73. The summed E-state index contributed by atoms with van der Waals surface area (Å²) < 4.78 is 0. The third-order valence-corrected chi connectivity index (χ3v) is 2.52. The summed E-state index contributed by atoms with van der Waals surface area (Å²) in [7, 11) is 0. The van der Waals surface area contributed by atoms with Crippen LogP contribution in [0.15, 0.2) is 0 Å². The lowest BCUT2D eigenvalue weighted by atomic mass is 9.95. The molecule has 0 N–H and O–H groups in total. The molecule has 0 radical (unpaired) electrons. The van der Waals surface area contributed by atoms with Crippen molar-refractivity contribution in [2.24, 2.45) is 5.92 Å². The van der Waals surface area contributed by atoms with Crippen molar-refractivity contribution in [3.8, 4) is 0 Å². The van der Waals surface area contributed by atoms with Gasteiger partial charge in [0.2, 0.25) is 5.91 Å². The van der Waals surface area contributed by atoms with E-state index in [1.54, 1.807) is 6.92 Å². The fraction of sp³-hybridized carbons (Fsp3) is 0.889. The molecule has 1 unspecified atom stereocenters. The van der Waals surface area contributed by atoms with Gasteiger partial charge in [-0.15, -0.1) is 0 Å². The van der Waals surface area contributed by atoms with Gasteiger partial charge in [0.15, 0.2) is 0 Å². The summed E-state index contributed by atoms with van der Waals surface area (Å²) in [5.74, 6) is 0.916. The SMILES string of the molecule is CC(=O)N1C[C@H](C)CCC1C. The van der Waals surface area contributed by atoms with Gasteiger partial charge in [-0.3, -0.25) is 4.79 Å². The highest BCUT2D eigenvalue weighted by Gasteiger charge is 2.23. The first-order chi connectivity index (χ1) is 5.11. The number of likely N-dealkylation sites (tertiary alicyclic amines) is 1. The molecule has 1 aliphatic rings. The summed E-state index contributed by atoms with van der Waals surface area (Å²) in [6, 6.07) is 0.462. The minimum absolute atomic E-state index is 0.226. The number of hydrogen-bond acceptors (Lipinski definition) is 1. The van der Waals surface area contributed by atoms with E-state index in [2.05, 4.69) is 13.8 Å². The van der Waals surface area contributed by atoms with Crippen molar-refractivity contribution in [3.05, 3.63) is 0 Å². The molecule has 1 saturated heterocycles. The molecule has 0 aromatic carbocycles. The number of hydrogen-bond donors (Lipinski definition) is 0. The molecule has 0 spiro atoms. The van der Waals surface area contributed by atoms with Gasteiger partial charge >= 0.3 is 0 Å². The van der Waals surface area contributed by atoms with Crippen LogP contribution in [0.25, 0.3) is 0 Å². The van der Waals surface area contributed by atoms with Gasteiger partial charge in [-0.2, -0.15) is 0 Å². The number of rotatable bonds is 0. The molecule has 0 aromatic rings. The zero-order chi connectivity index (χ0) is 8.43. The van der Waals surface area contributed by atoms with Crippen molar-refractivity contribution in [2.45, 2.75) is 39.7 Å². The van der Waals surface area contributed by atoms with E-state index in [0.717, 1.165) is 6.54 Å². The third-order valence-electron chi connectivity index (χ3n) is 2.52. The Labute approximate surface area is 68.6 Å². The number of amides is 1. The van der Waals surface area contributed by atoms with Crippen LogP contribution in [-0.2, 0) is 4.79 Å². The molecule has 1 amide bonds. The Hall–Kier alpha value is -0.530. The van der Waals surface area contributed by atoms with Crippen LogP contribution in [0.4, 0.5) is 0 Å². The first-order valence-corrected chi connectivity index (χ1v) is 4.38. The molecule has 2 nitrogen and oxygen atoms in total. The van der Waals surface area contributed by atoms with E-state index in [-0.39, 0.29) is 5.91 Å². The molecule has 2 heteroatoms. The second kappa shape index (κ2) is 3.24. The van der Waals surface area contributed by atoms with Crippen LogP contribution < -0.4 is 0 Å². The maximum Gasteiger partial charge on any atom is 0.219 e. The maximum atomic E-state index is 11.1. The molecule has 1 heterocycles. The van der Waals surface area contributed by atoms with Gasteiger partial charge in [0, 0.05) is 19.5 Å². The number of nitrogens with zero attached hydrogens (tertiary/aromatic N) is 1. The summed E-state index contributed by atoms with van der Waals surface area (Å²) in [5, 5.41) is 0. The fourth-order valence-corrected chi connectivity index (χ4v) is 1.73. The van der Waals surface area contributed by atoms with Gasteiger partial charge in [-0.1, -0.05) is 6.92 Å². The van der Waals surface area contributed by atoms with Gasteiger partial charge in [-0.05, 0) is 25.7 Å². The van der Waals surface area contributed by atoms with Crippen LogP contribution in [-0.4, -0.2) is 23.4 Å². The van der Waals surface area contributed by atoms with Crippen LogP contribution in [0.3, 0.4) is 0 Å². The van der Waals surface area contributed by atoms with Crippen molar-refractivity contribution < 1.29 is 4.79 Å². The molecule has 11 heavy (non-hydrogen) atoms. The van der Waals surface area contributed by atoms with Crippen molar-refractivity contribution >= 4 is 5.91 Å². The number of piperidine rings is 1. The molecule has 0 saturated carbocycles. The van der Waals surface area contributed by atoms with Crippen LogP contribution in [0, 0.1) is 5.92 Å². The molecular weight excluding hydrogens is 138 g/mol. The normalized spacial score (nSPS) is 32.1. The van der Waals surface area contributed by atoms with Crippen LogP contribution in [0.1, 0.15) is 33.6 Å². The predicted octanol–water partition coefficient (Wildman–Crippen LogP) is 1.65. The average molecular weight is 155 g/mol. The largest absolute Gasteiger partial charge is 0.340 e. The molecule has 64 valence electrons. The predicted molar refractivity (Wildman–Crippen MR) is 45.2 cm³/mol. The summed E-state index contributed by atoms with van der Waals surface area (Å²) in [4.78, 5) is 13.1. The Kier molecular flexibility index (Phi) is 2.53. The smallest absolute Gasteiger partial charge is 0.219 e. The molecule has 0 aliphatic carbocycles. The number of carbonyl (C=O) groups excluding carboxylic acids is 1. The van der Waals surface area contributed by atoms with E-state index in [1.165, 1.54) is 12.8 Å². The lowest BCUT2D eigenvalue weighted by molar-refractivity contribution is -0.132. The minimum atomic E-state index is 0.226. The van der Waals surface area contributed by atoms with Crippen LogP contribution in [0.5, 0.6) is 0 Å². The van der Waals surface area contributed by atoms with Gasteiger partial charge in [0.1, 0.15) is 0 Å². The summed E-state index contributed by atoms with van der Waals surface area (Å²) >= 11 is 0. The Bertz CT molecular complexity index is 156. The quantitative estimate of drug-likeness (QED) is 0.521. The Morgan fingerprint density at radius 3 is 2.45 bits per heavy atom. The molecule has 1 aliphatic heterocycles. The standard InChI is InChI=1S/C9H17NO/c1-7-4-5-8(2)10(6-7)9(3)11/h7-8H,4-6H2,1-3H3/t7-,8?/m1/s1. The van der Waals surface area contributed by atoms with E-state index < -0.39 is 0 Å². The summed E-state index contributed by atoms with van der Waals surface area (Å²) in [6.45, 7) is 6.96. The second-order valence-electron chi connectivity index (χ2n) is 3.70. The first kappa shape index (κ1) is 8.57. The average Bonchev–Trinajstić information content (AvgIpc) is 1.94. The molecule has 0 bridgehead atoms. The van der Waals surface area contributed by atoms with Gasteiger partial charge in [0.05, 0.1) is 0 Å². The minimum Gasteiger partial charge on any atom is -0.340 e. The number of carbonyl (C=O) groups is 1. The Morgan fingerprint density at radius 2 is 2.00 bits per heavy atom. The fourth-order valence-electron chi connectivity index (χ4n) is 1.73. The highest BCUT2D eigenvalue weighted by Crippen LogP contribution is 2.20. The topological polar surface area (TPSA) is 20.3 Å². The van der Waals surface area contributed by atoms with Crippen molar-refractivity contribution in [1.29, 1.82) is 0 Å². The second-order valence-corrected chi connectivity index (χ2v) is 3.70. The zero-order valence-corrected chi connectivity index (χ0v) is 7.63. The molecule has 0 aromatic heterocycles. The lowest BCUT2D eigenvalue weighted by Gasteiger charge is -2.36. The summed E-state index contributed by atoms with van der Waals surface area (Å²) in [5.41, 5.74) is 0. The molecular formula is C9H17NO. The van der Waals surface area contributed by atoms with Crippen LogP contribution >= 0.6 is 0 Å². The third kappa shape index (κ3) is 1.95. The lowest BCUT2D eigenvalue weighted by Crippen LogP contribution is -2.43. The Balaban J connectivity index is 2.54.